The van der Waals surface area contributed by atoms with E-state index >= 15 is 0 Å². The summed E-state index contributed by atoms with van der Waals surface area (Å²) in [6, 6.07) is 0. The fourth-order valence-electron chi connectivity index (χ4n) is 6.73. The second-order valence-electron chi connectivity index (χ2n) is 8.96. The number of halogens is 1. The topological polar surface area (TPSA) is 40.5 Å². The predicted octanol–water partition coefficient (Wildman–Crippen LogP) is 3.62. The van der Waals surface area contributed by atoms with Gasteiger partial charge in [0.2, 0.25) is 0 Å². The van der Waals surface area contributed by atoms with E-state index in [1.165, 1.54) is 0 Å². The van der Waals surface area contributed by atoms with Crippen LogP contribution in [0.15, 0.2) is 11.6 Å². The molecule has 0 bridgehead atoms. The zero-order valence-electron chi connectivity index (χ0n) is 13.8. The Kier molecular flexibility index (Phi) is 3.30. The maximum absolute atomic E-state index is 14.1. The molecule has 0 unspecified atom stereocenters. The van der Waals surface area contributed by atoms with Crippen molar-refractivity contribution in [2.45, 2.75) is 77.2 Å². The van der Waals surface area contributed by atoms with E-state index in [0.29, 0.717) is 24.7 Å². The molecule has 124 valence electrons. The molecule has 4 aliphatic carbocycles. The summed E-state index contributed by atoms with van der Waals surface area (Å²) in [6.45, 7) is 4.52. The molecule has 0 radical (unpaired) electrons. The van der Waals surface area contributed by atoms with Gasteiger partial charge in [-0.05, 0) is 79.1 Å². The van der Waals surface area contributed by atoms with Gasteiger partial charge in [-0.25, -0.2) is 4.39 Å². The van der Waals surface area contributed by atoms with E-state index in [0.717, 1.165) is 37.7 Å². The molecule has 0 amide bonds. The standard InChI is InChI=1S/C19H29FO2/c1-18-7-5-12-17(14(18)8-11(20)10-18)16(22)9-13-15(21)4-3-6-19(12,13)2/h9,11-12,14-17,21-22H,3-8,10H2,1-2H3/t11-,12+,14+,15+,16+,17-,18-,19-/m1/s1. The molecular weight excluding hydrogens is 279 g/mol. The Balaban J connectivity index is 1.75. The number of alkyl halides is 1. The van der Waals surface area contributed by atoms with Crippen LogP contribution in [0.2, 0.25) is 0 Å². The van der Waals surface area contributed by atoms with Gasteiger partial charge in [0.25, 0.3) is 0 Å². The van der Waals surface area contributed by atoms with E-state index in [1.807, 2.05) is 6.08 Å². The Morgan fingerprint density at radius 2 is 1.91 bits per heavy atom. The van der Waals surface area contributed by atoms with Crippen LogP contribution in [0, 0.1) is 28.6 Å². The Labute approximate surface area is 132 Å². The van der Waals surface area contributed by atoms with Crippen molar-refractivity contribution in [3.8, 4) is 0 Å². The van der Waals surface area contributed by atoms with Gasteiger partial charge in [0, 0.05) is 0 Å². The highest BCUT2D eigenvalue weighted by Crippen LogP contribution is 2.65. The van der Waals surface area contributed by atoms with Gasteiger partial charge in [-0.2, -0.15) is 0 Å². The lowest BCUT2D eigenvalue weighted by atomic mass is 9.47. The first-order valence-corrected chi connectivity index (χ1v) is 9.07. The minimum Gasteiger partial charge on any atom is -0.389 e. The van der Waals surface area contributed by atoms with Crippen molar-refractivity contribution < 1.29 is 14.6 Å². The molecule has 22 heavy (non-hydrogen) atoms. The Morgan fingerprint density at radius 1 is 1.14 bits per heavy atom. The van der Waals surface area contributed by atoms with Crippen LogP contribution in [0.4, 0.5) is 4.39 Å². The number of rotatable bonds is 0. The average Bonchev–Trinajstić information content (AvgIpc) is 2.75. The zero-order chi connectivity index (χ0) is 15.7. The molecule has 3 fully saturated rings. The predicted molar refractivity (Wildman–Crippen MR) is 84.0 cm³/mol. The summed E-state index contributed by atoms with van der Waals surface area (Å²) in [5, 5.41) is 21.2. The number of hydrogen-bond donors (Lipinski definition) is 2. The molecule has 8 atom stereocenters. The Hall–Kier alpha value is -0.410. The zero-order valence-corrected chi connectivity index (χ0v) is 13.8. The molecule has 3 saturated carbocycles. The van der Waals surface area contributed by atoms with Gasteiger partial charge >= 0.3 is 0 Å². The number of fused-ring (bicyclic) bond motifs is 5. The molecule has 2 N–H and O–H groups in total. The first-order chi connectivity index (χ1) is 10.3. The summed E-state index contributed by atoms with van der Waals surface area (Å²) in [5.41, 5.74) is 1.15. The highest BCUT2D eigenvalue weighted by atomic mass is 19.1. The third kappa shape index (κ3) is 1.91. The smallest absolute Gasteiger partial charge is 0.101 e. The second kappa shape index (κ2) is 4.80. The quantitative estimate of drug-likeness (QED) is 0.671. The van der Waals surface area contributed by atoms with Gasteiger partial charge in [-0.15, -0.1) is 0 Å². The molecule has 0 aliphatic heterocycles. The minimum absolute atomic E-state index is 0.0112. The lowest BCUT2D eigenvalue weighted by Gasteiger charge is -2.58. The van der Waals surface area contributed by atoms with Crippen LogP contribution >= 0.6 is 0 Å². The van der Waals surface area contributed by atoms with Crippen LogP contribution in [0.1, 0.15) is 58.8 Å². The highest BCUT2D eigenvalue weighted by molar-refractivity contribution is 5.29. The molecule has 0 aromatic heterocycles. The first-order valence-electron chi connectivity index (χ1n) is 9.07. The maximum atomic E-state index is 14.1. The van der Waals surface area contributed by atoms with Crippen molar-refractivity contribution in [1.29, 1.82) is 0 Å². The van der Waals surface area contributed by atoms with Crippen molar-refractivity contribution in [2.75, 3.05) is 0 Å². The van der Waals surface area contributed by atoms with Crippen molar-refractivity contribution in [1.82, 2.24) is 0 Å². The molecule has 4 rings (SSSR count). The van der Waals surface area contributed by atoms with E-state index in [4.69, 9.17) is 0 Å². The van der Waals surface area contributed by atoms with Gasteiger partial charge in [0.05, 0.1) is 12.2 Å². The number of aliphatic hydroxyl groups is 2. The van der Waals surface area contributed by atoms with Crippen molar-refractivity contribution >= 4 is 0 Å². The van der Waals surface area contributed by atoms with Gasteiger partial charge in [0.1, 0.15) is 6.17 Å². The van der Waals surface area contributed by atoms with E-state index < -0.39 is 12.3 Å². The van der Waals surface area contributed by atoms with Crippen LogP contribution < -0.4 is 0 Å². The molecule has 0 spiro atoms. The van der Waals surface area contributed by atoms with E-state index in [2.05, 4.69) is 13.8 Å². The summed E-state index contributed by atoms with van der Waals surface area (Å²) in [4.78, 5) is 0. The van der Waals surface area contributed by atoms with Crippen LogP contribution in [-0.4, -0.2) is 28.6 Å². The number of aliphatic hydroxyl groups excluding tert-OH is 2. The third-order valence-corrected chi connectivity index (χ3v) is 7.80. The van der Waals surface area contributed by atoms with Crippen LogP contribution in [0.5, 0.6) is 0 Å². The first kappa shape index (κ1) is 15.1. The maximum Gasteiger partial charge on any atom is 0.101 e. The average molecular weight is 308 g/mol. The molecule has 0 aromatic rings. The van der Waals surface area contributed by atoms with Gasteiger partial charge in [-0.1, -0.05) is 19.9 Å². The number of hydrogen-bond acceptors (Lipinski definition) is 2. The van der Waals surface area contributed by atoms with Gasteiger partial charge in [-0.3, -0.25) is 0 Å². The minimum atomic E-state index is -0.698. The van der Waals surface area contributed by atoms with E-state index in [1.54, 1.807) is 0 Å². The normalized spacial score (nSPS) is 57.6. The van der Waals surface area contributed by atoms with Crippen LogP contribution in [0.25, 0.3) is 0 Å². The largest absolute Gasteiger partial charge is 0.389 e. The van der Waals surface area contributed by atoms with E-state index in [9.17, 15) is 14.6 Å². The molecule has 0 aromatic carbocycles. The van der Waals surface area contributed by atoms with Crippen LogP contribution in [0.3, 0.4) is 0 Å². The lowest BCUT2D eigenvalue weighted by Crippen LogP contribution is -2.54. The van der Waals surface area contributed by atoms with Crippen molar-refractivity contribution in [2.24, 2.45) is 28.6 Å². The van der Waals surface area contributed by atoms with Gasteiger partial charge in [0.15, 0.2) is 0 Å². The summed E-state index contributed by atoms with van der Waals surface area (Å²) in [6.07, 6.45) is 6.77. The van der Waals surface area contributed by atoms with E-state index in [-0.39, 0.29) is 22.9 Å². The summed E-state index contributed by atoms with van der Waals surface area (Å²) in [5.74, 6) is 0.879. The summed E-state index contributed by atoms with van der Waals surface area (Å²) >= 11 is 0. The molecular formula is C19H29FO2. The fourth-order valence-corrected chi connectivity index (χ4v) is 6.73. The van der Waals surface area contributed by atoms with Gasteiger partial charge < -0.3 is 10.2 Å². The van der Waals surface area contributed by atoms with Crippen molar-refractivity contribution in [3.05, 3.63) is 11.6 Å². The van der Waals surface area contributed by atoms with Crippen LogP contribution in [-0.2, 0) is 0 Å². The molecule has 4 aliphatic rings. The summed E-state index contributed by atoms with van der Waals surface area (Å²) < 4.78 is 14.1. The Bertz CT molecular complexity index is 504. The monoisotopic (exact) mass is 308 g/mol. The molecule has 3 heteroatoms. The lowest BCUT2D eigenvalue weighted by molar-refractivity contribution is -0.0848. The molecule has 0 heterocycles. The third-order valence-electron chi connectivity index (χ3n) is 7.80. The Morgan fingerprint density at radius 3 is 2.68 bits per heavy atom. The fraction of sp³-hybridized carbons (Fsp3) is 0.895. The summed E-state index contributed by atoms with van der Waals surface area (Å²) in [7, 11) is 0. The SMILES string of the molecule is C[C@]12CC[C@H]3[C@@H]([C@@H](O)C=C4[C@@H](O)CCC[C@@]43C)[C@@H]1C[C@@H](F)C2. The molecule has 0 saturated heterocycles. The van der Waals surface area contributed by atoms with Crippen molar-refractivity contribution in [3.63, 3.8) is 0 Å². The second-order valence-corrected chi connectivity index (χ2v) is 8.96. The molecule has 2 nitrogen and oxygen atoms in total. The highest BCUT2D eigenvalue weighted by Gasteiger charge is 2.60.